The molecule has 0 aliphatic carbocycles. The first-order valence-corrected chi connectivity index (χ1v) is 8.98. The number of carbonyl (C=O) groups is 2. The van der Waals surface area contributed by atoms with Crippen molar-refractivity contribution >= 4 is 33.4 Å². The Bertz CT molecular complexity index is 634. The zero-order valence-electron chi connectivity index (χ0n) is 14.7. The first-order valence-electron chi connectivity index (χ1n) is 8.19. The van der Waals surface area contributed by atoms with Crippen molar-refractivity contribution in [2.75, 3.05) is 13.7 Å². The predicted octanol–water partition coefficient (Wildman–Crippen LogP) is 4.07. The van der Waals surface area contributed by atoms with Gasteiger partial charge in [-0.05, 0) is 37.5 Å². The van der Waals surface area contributed by atoms with E-state index in [1.165, 1.54) is 13.2 Å². The maximum atomic E-state index is 14.2. The van der Waals surface area contributed by atoms with Gasteiger partial charge in [-0.2, -0.15) is 0 Å². The predicted molar refractivity (Wildman–Crippen MR) is 96.9 cm³/mol. The second-order valence-electron chi connectivity index (χ2n) is 5.44. The van der Waals surface area contributed by atoms with Crippen LogP contribution in [0.3, 0.4) is 0 Å². The molecule has 1 aromatic rings. The Morgan fingerprint density at radius 3 is 2.60 bits per heavy atom. The van der Waals surface area contributed by atoms with Crippen LogP contribution in [0.5, 0.6) is 0 Å². The molecular formula is C18H23BrFNO4. The van der Waals surface area contributed by atoms with E-state index in [1.54, 1.807) is 19.1 Å². The van der Waals surface area contributed by atoms with Crippen molar-refractivity contribution in [3.8, 4) is 0 Å². The fraction of sp³-hybridized carbons (Fsp3) is 0.500. The SMILES string of the molecule is CCCCC(=O)C(Cc1ccc(Br)cc1F)/C(=N\OC)C(=O)OCC. The summed E-state index contributed by atoms with van der Waals surface area (Å²) in [6, 6.07) is 4.58. The zero-order valence-corrected chi connectivity index (χ0v) is 16.3. The van der Waals surface area contributed by atoms with Crippen LogP contribution in [0, 0.1) is 11.7 Å². The summed E-state index contributed by atoms with van der Waals surface area (Å²) < 4.78 is 19.8. The van der Waals surface area contributed by atoms with E-state index in [2.05, 4.69) is 21.1 Å². The van der Waals surface area contributed by atoms with Crippen molar-refractivity contribution in [3.63, 3.8) is 0 Å². The summed E-state index contributed by atoms with van der Waals surface area (Å²) in [5.41, 5.74) is 0.193. The molecule has 0 aromatic heterocycles. The van der Waals surface area contributed by atoms with Crippen LogP contribution in [0.2, 0.25) is 0 Å². The molecule has 1 aromatic carbocycles. The summed E-state index contributed by atoms with van der Waals surface area (Å²) in [5, 5.41) is 3.71. The van der Waals surface area contributed by atoms with Crippen molar-refractivity contribution in [2.45, 2.75) is 39.5 Å². The van der Waals surface area contributed by atoms with Crippen LogP contribution in [0.15, 0.2) is 27.8 Å². The van der Waals surface area contributed by atoms with Gasteiger partial charge in [0.15, 0.2) is 5.71 Å². The van der Waals surface area contributed by atoms with E-state index in [-0.39, 0.29) is 30.9 Å². The van der Waals surface area contributed by atoms with Crippen LogP contribution in [-0.4, -0.2) is 31.2 Å². The standard InChI is InChI=1S/C18H23BrFNO4/c1-4-6-7-16(22)14(17(21-24-3)18(23)25-5-2)10-12-8-9-13(19)11-15(12)20/h8-9,11,14H,4-7,10H2,1-3H3/b21-17+. The Hall–Kier alpha value is -1.76. The maximum Gasteiger partial charge on any atom is 0.356 e. The highest BCUT2D eigenvalue weighted by molar-refractivity contribution is 9.10. The van der Waals surface area contributed by atoms with Gasteiger partial charge in [-0.1, -0.05) is 40.5 Å². The van der Waals surface area contributed by atoms with Crippen LogP contribution in [0.4, 0.5) is 4.39 Å². The molecule has 0 amide bonds. The molecule has 0 bridgehead atoms. The van der Waals surface area contributed by atoms with Gasteiger partial charge in [0, 0.05) is 10.9 Å². The number of Topliss-reactive ketones (excluding diaryl/α,β-unsaturated/α-hetero) is 1. The number of nitrogens with zero attached hydrogens (tertiary/aromatic N) is 1. The molecular weight excluding hydrogens is 393 g/mol. The van der Waals surface area contributed by atoms with Gasteiger partial charge in [0.1, 0.15) is 18.7 Å². The summed E-state index contributed by atoms with van der Waals surface area (Å²) >= 11 is 3.20. The molecule has 5 nitrogen and oxygen atoms in total. The lowest BCUT2D eigenvalue weighted by Crippen LogP contribution is -2.34. The number of oxime groups is 1. The molecule has 1 atom stereocenters. The molecule has 0 fully saturated rings. The van der Waals surface area contributed by atoms with Crippen molar-refractivity contribution in [3.05, 3.63) is 34.1 Å². The van der Waals surface area contributed by atoms with Gasteiger partial charge in [0.05, 0.1) is 12.5 Å². The number of ketones is 1. The minimum absolute atomic E-state index is 0.0165. The highest BCUT2D eigenvalue weighted by Crippen LogP contribution is 2.21. The Morgan fingerprint density at radius 1 is 1.32 bits per heavy atom. The van der Waals surface area contributed by atoms with Crippen LogP contribution < -0.4 is 0 Å². The normalized spacial score (nSPS) is 12.6. The van der Waals surface area contributed by atoms with Crippen molar-refractivity contribution in [1.82, 2.24) is 0 Å². The molecule has 7 heteroatoms. The first kappa shape index (κ1) is 21.3. The van der Waals surface area contributed by atoms with Crippen molar-refractivity contribution < 1.29 is 23.6 Å². The Kier molecular flexibility index (Phi) is 9.34. The smallest absolute Gasteiger partial charge is 0.356 e. The fourth-order valence-corrected chi connectivity index (χ4v) is 2.68. The summed E-state index contributed by atoms with van der Waals surface area (Å²) in [6.45, 7) is 3.76. The molecule has 0 saturated heterocycles. The number of halogens is 2. The van der Waals surface area contributed by atoms with E-state index in [0.717, 1.165) is 6.42 Å². The van der Waals surface area contributed by atoms with Crippen LogP contribution >= 0.6 is 15.9 Å². The molecule has 0 aliphatic rings. The molecule has 0 saturated carbocycles. The van der Waals surface area contributed by atoms with Crippen LogP contribution in [0.25, 0.3) is 0 Å². The van der Waals surface area contributed by atoms with E-state index in [4.69, 9.17) is 9.57 Å². The van der Waals surface area contributed by atoms with Gasteiger partial charge >= 0.3 is 5.97 Å². The highest BCUT2D eigenvalue weighted by Gasteiger charge is 2.32. The lowest BCUT2D eigenvalue weighted by Gasteiger charge is -2.17. The molecule has 1 rings (SSSR count). The van der Waals surface area contributed by atoms with Crippen molar-refractivity contribution in [2.24, 2.45) is 11.1 Å². The second kappa shape index (κ2) is 11.0. The fourth-order valence-electron chi connectivity index (χ4n) is 2.34. The van der Waals surface area contributed by atoms with Gasteiger partial charge in [-0.15, -0.1) is 0 Å². The van der Waals surface area contributed by atoms with Crippen LogP contribution in [0.1, 0.15) is 38.7 Å². The number of ether oxygens (including phenoxy) is 1. The van der Waals surface area contributed by atoms with Gasteiger partial charge in [0.2, 0.25) is 0 Å². The topological polar surface area (TPSA) is 65.0 Å². The summed E-state index contributed by atoms with van der Waals surface area (Å²) in [5.74, 6) is -2.28. The summed E-state index contributed by atoms with van der Waals surface area (Å²) in [4.78, 5) is 29.6. The third-order valence-corrected chi connectivity index (χ3v) is 4.10. The molecule has 0 spiro atoms. The molecule has 0 heterocycles. The van der Waals surface area contributed by atoms with Crippen molar-refractivity contribution in [1.29, 1.82) is 0 Å². The summed E-state index contributed by atoms with van der Waals surface area (Å²) in [6.07, 6.45) is 1.81. The number of hydrogen-bond donors (Lipinski definition) is 0. The van der Waals surface area contributed by atoms with Crippen LogP contribution in [-0.2, 0) is 25.6 Å². The van der Waals surface area contributed by atoms with Gasteiger partial charge in [-0.25, -0.2) is 9.18 Å². The Morgan fingerprint density at radius 2 is 2.04 bits per heavy atom. The first-order chi connectivity index (χ1) is 11.9. The second-order valence-corrected chi connectivity index (χ2v) is 6.36. The lowest BCUT2D eigenvalue weighted by molar-refractivity contribution is -0.136. The minimum Gasteiger partial charge on any atom is -0.461 e. The third-order valence-electron chi connectivity index (χ3n) is 3.61. The number of rotatable bonds is 10. The van der Waals surface area contributed by atoms with Gasteiger partial charge < -0.3 is 9.57 Å². The maximum absolute atomic E-state index is 14.2. The number of hydrogen-bond acceptors (Lipinski definition) is 5. The van der Waals surface area contributed by atoms with E-state index < -0.39 is 17.7 Å². The van der Waals surface area contributed by atoms with Gasteiger partial charge in [0.25, 0.3) is 0 Å². The zero-order chi connectivity index (χ0) is 18.8. The van der Waals surface area contributed by atoms with Gasteiger partial charge in [-0.3, -0.25) is 4.79 Å². The van der Waals surface area contributed by atoms with E-state index in [9.17, 15) is 14.0 Å². The number of carbonyl (C=O) groups excluding carboxylic acids is 2. The van der Waals surface area contributed by atoms with E-state index in [1.807, 2.05) is 6.92 Å². The summed E-state index contributed by atoms with van der Waals surface area (Å²) in [7, 11) is 1.28. The molecule has 0 aliphatic heterocycles. The third kappa shape index (κ3) is 6.57. The average Bonchev–Trinajstić information content (AvgIpc) is 2.57. The highest BCUT2D eigenvalue weighted by atomic mass is 79.9. The quantitative estimate of drug-likeness (QED) is 0.328. The molecule has 0 N–H and O–H groups in total. The molecule has 138 valence electrons. The Labute approximate surface area is 155 Å². The minimum atomic E-state index is -0.916. The Balaban J connectivity index is 3.19. The monoisotopic (exact) mass is 415 g/mol. The number of esters is 1. The largest absolute Gasteiger partial charge is 0.461 e. The average molecular weight is 416 g/mol. The molecule has 25 heavy (non-hydrogen) atoms. The lowest BCUT2D eigenvalue weighted by atomic mass is 9.88. The number of benzene rings is 1. The van der Waals surface area contributed by atoms with E-state index >= 15 is 0 Å². The molecule has 0 radical (unpaired) electrons. The molecule has 1 unspecified atom stereocenters. The number of unbranched alkanes of at least 4 members (excludes halogenated alkanes) is 1. The van der Waals surface area contributed by atoms with E-state index in [0.29, 0.717) is 16.5 Å².